The molecule has 3 heterocycles. The van der Waals surface area contributed by atoms with Gasteiger partial charge in [-0.15, -0.1) is 11.3 Å². The van der Waals surface area contributed by atoms with E-state index in [4.69, 9.17) is 42.4 Å². The van der Waals surface area contributed by atoms with Crippen molar-refractivity contribution in [3.8, 4) is 22.9 Å². The quantitative estimate of drug-likeness (QED) is 0.201. The van der Waals surface area contributed by atoms with E-state index < -0.39 is 0 Å². The lowest BCUT2D eigenvalue weighted by Crippen LogP contribution is -2.32. The highest BCUT2D eigenvalue weighted by molar-refractivity contribution is 7.09. The Morgan fingerprint density at radius 1 is 1.15 bits per heavy atom. The second-order valence-corrected chi connectivity index (χ2v) is 11.5. The molecule has 5 rings (SSSR count). The molecular weight excluding hydrogens is 569 g/mol. The van der Waals surface area contributed by atoms with Crippen molar-refractivity contribution in [2.75, 3.05) is 20.3 Å². The summed E-state index contributed by atoms with van der Waals surface area (Å²) in [5.41, 5.74) is 4.40. The van der Waals surface area contributed by atoms with Gasteiger partial charge < -0.3 is 24.1 Å². The monoisotopic (exact) mass is 599 g/mol. The van der Waals surface area contributed by atoms with E-state index in [2.05, 4.69) is 22.0 Å². The van der Waals surface area contributed by atoms with Crippen molar-refractivity contribution < 1.29 is 19.0 Å². The number of ether oxygens (including phenoxy) is 3. The Hall–Kier alpha value is -3.04. The smallest absolute Gasteiger partial charge is 0.253 e. The van der Waals surface area contributed by atoms with Gasteiger partial charge in [0.1, 0.15) is 23.1 Å². The van der Waals surface area contributed by atoms with Crippen LogP contribution in [0.4, 0.5) is 0 Å². The third-order valence-corrected chi connectivity index (χ3v) is 8.18. The summed E-state index contributed by atoms with van der Waals surface area (Å²) in [6.45, 7) is 4.22. The van der Waals surface area contributed by atoms with E-state index in [1.54, 1.807) is 25.3 Å². The number of nitrogens with one attached hydrogen (secondary N) is 1. The summed E-state index contributed by atoms with van der Waals surface area (Å²) in [6.07, 6.45) is 2.87. The number of halogens is 2. The van der Waals surface area contributed by atoms with E-state index in [1.165, 1.54) is 16.9 Å². The molecule has 1 amide bonds. The van der Waals surface area contributed by atoms with Crippen LogP contribution in [0.3, 0.4) is 0 Å². The first-order valence-corrected chi connectivity index (χ1v) is 14.8. The zero-order valence-electron chi connectivity index (χ0n) is 22.4. The number of hydrogen-bond acceptors (Lipinski definition) is 6. The Morgan fingerprint density at radius 2 is 1.93 bits per heavy atom. The van der Waals surface area contributed by atoms with Gasteiger partial charge in [-0.25, -0.2) is 4.98 Å². The summed E-state index contributed by atoms with van der Waals surface area (Å²) >= 11 is 13.7. The van der Waals surface area contributed by atoms with Crippen molar-refractivity contribution in [1.82, 2.24) is 14.9 Å². The zero-order chi connectivity index (χ0) is 28.1. The second-order valence-electron chi connectivity index (χ2n) is 9.64. The number of aromatic nitrogens is 2. The van der Waals surface area contributed by atoms with Crippen LogP contribution in [-0.2, 0) is 24.3 Å². The van der Waals surface area contributed by atoms with Gasteiger partial charge in [-0.05, 0) is 68.1 Å². The number of amides is 1. The molecule has 0 spiro atoms. The highest BCUT2D eigenvalue weighted by atomic mass is 35.5. The van der Waals surface area contributed by atoms with Gasteiger partial charge in [-0.1, -0.05) is 35.3 Å². The first-order chi connectivity index (χ1) is 19.4. The lowest BCUT2D eigenvalue weighted by molar-refractivity contribution is 0.0857. The molecule has 10 heteroatoms. The SMILES string of the molecule is COc1ccc(CCn2c(-c3csc(COc4cc(Cl)cc(Cl)c4)n3)cc(C(=O)NCC3CCCO3)c2C)cc1. The van der Waals surface area contributed by atoms with Gasteiger partial charge in [-0.3, -0.25) is 4.79 Å². The van der Waals surface area contributed by atoms with E-state index in [9.17, 15) is 4.79 Å². The van der Waals surface area contributed by atoms with Gasteiger partial charge >= 0.3 is 0 Å². The molecule has 1 atom stereocenters. The molecule has 1 fully saturated rings. The van der Waals surface area contributed by atoms with Gasteiger partial charge in [0.05, 0.1) is 30.2 Å². The minimum atomic E-state index is -0.103. The van der Waals surface area contributed by atoms with Crippen molar-refractivity contribution in [3.05, 3.63) is 85.8 Å². The molecule has 2 aromatic heterocycles. The molecule has 1 saturated heterocycles. The summed E-state index contributed by atoms with van der Waals surface area (Å²) in [4.78, 5) is 18.1. The Morgan fingerprint density at radius 3 is 2.62 bits per heavy atom. The maximum Gasteiger partial charge on any atom is 0.253 e. The van der Waals surface area contributed by atoms with Crippen molar-refractivity contribution >= 4 is 40.4 Å². The minimum absolute atomic E-state index is 0.0800. The maximum absolute atomic E-state index is 13.2. The predicted molar refractivity (Wildman–Crippen MR) is 159 cm³/mol. The minimum Gasteiger partial charge on any atom is -0.497 e. The molecule has 2 aromatic carbocycles. The van der Waals surface area contributed by atoms with Crippen LogP contribution < -0.4 is 14.8 Å². The molecular formula is C30H31Cl2N3O4S. The van der Waals surface area contributed by atoms with E-state index in [-0.39, 0.29) is 18.6 Å². The maximum atomic E-state index is 13.2. The van der Waals surface area contributed by atoms with Crippen molar-refractivity contribution in [1.29, 1.82) is 0 Å². The van der Waals surface area contributed by atoms with Crippen LogP contribution in [0.25, 0.3) is 11.4 Å². The van der Waals surface area contributed by atoms with Crippen LogP contribution >= 0.6 is 34.5 Å². The average Bonchev–Trinajstić information content (AvgIpc) is 3.70. The highest BCUT2D eigenvalue weighted by Crippen LogP contribution is 2.30. The molecule has 4 aromatic rings. The number of nitrogens with zero attached hydrogens (tertiary/aromatic N) is 2. The van der Waals surface area contributed by atoms with Crippen LogP contribution in [0.1, 0.15) is 39.5 Å². The zero-order valence-corrected chi connectivity index (χ0v) is 24.7. The van der Waals surface area contributed by atoms with E-state index in [0.29, 0.717) is 34.4 Å². The third kappa shape index (κ3) is 6.99. The number of benzene rings is 2. The fraction of sp³-hybridized carbons (Fsp3) is 0.333. The molecule has 40 heavy (non-hydrogen) atoms. The Labute approximate surface area is 248 Å². The Kier molecular flexibility index (Phi) is 9.32. The van der Waals surface area contributed by atoms with Crippen LogP contribution in [0.2, 0.25) is 10.0 Å². The molecule has 7 nitrogen and oxygen atoms in total. The summed E-state index contributed by atoms with van der Waals surface area (Å²) in [5.74, 6) is 1.30. The molecule has 0 saturated carbocycles. The van der Waals surface area contributed by atoms with E-state index in [1.807, 2.05) is 30.5 Å². The fourth-order valence-corrected chi connectivity index (χ4v) is 5.97. The van der Waals surface area contributed by atoms with Crippen molar-refractivity contribution in [2.45, 2.75) is 45.4 Å². The normalized spacial score (nSPS) is 14.8. The molecule has 1 N–H and O–H groups in total. The number of aryl methyl sites for hydroxylation is 1. The van der Waals surface area contributed by atoms with Gasteiger partial charge in [-0.2, -0.15) is 0 Å². The van der Waals surface area contributed by atoms with Crippen molar-refractivity contribution in [3.63, 3.8) is 0 Å². The molecule has 0 bridgehead atoms. The third-order valence-electron chi connectivity index (χ3n) is 6.92. The fourth-order valence-electron chi connectivity index (χ4n) is 4.77. The van der Waals surface area contributed by atoms with Crippen LogP contribution in [-0.4, -0.2) is 41.8 Å². The standard InChI is InChI=1S/C30H31Cl2N3O4S/c1-19-26(30(36)33-16-24-4-3-11-38-24)15-28(35(19)10-9-20-5-7-23(37-2)8-6-20)27-18-40-29(34-27)17-39-25-13-21(31)12-22(32)14-25/h5-8,12-15,18,24H,3-4,9-11,16-17H2,1-2H3,(H,33,36). The van der Waals surface area contributed by atoms with Crippen LogP contribution in [0, 0.1) is 6.92 Å². The van der Waals surface area contributed by atoms with Gasteiger partial charge in [0.2, 0.25) is 0 Å². The van der Waals surface area contributed by atoms with Crippen LogP contribution in [0.5, 0.6) is 11.5 Å². The molecule has 1 aliphatic heterocycles. The average molecular weight is 601 g/mol. The molecule has 0 aliphatic carbocycles. The van der Waals surface area contributed by atoms with E-state index >= 15 is 0 Å². The number of methoxy groups -OCH3 is 1. The Balaban J connectivity index is 1.36. The van der Waals surface area contributed by atoms with Crippen molar-refractivity contribution in [2.24, 2.45) is 0 Å². The van der Waals surface area contributed by atoms with E-state index in [0.717, 1.165) is 53.7 Å². The van der Waals surface area contributed by atoms with Gasteiger partial charge in [0, 0.05) is 40.8 Å². The number of hydrogen-bond donors (Lipinski definition) is 1. The molecule has 210 valence electrons. The van der Waals surface area contributed by atoms with Crippen LogP contribution in [0.15, 0.2) is 53.9 Å². The summed E-state index contributed by atoms with van der Waals surface area (Å²) in [7, 11) is 1.66. The lowest BCUT2D eigenvalue weighted by atomic mass is 10.1. The first-order valence-electron chi connectivity index (χ1n) is 13.2. The largest absolute Gasteiger partial charge is 0.497 e. The van der Waals surface area contributed by atoms with Gasteiger partial charge in [0.15, 0.2) is 0 Å². The summed E-state index contributed by atoms with van der Waals surface area (Å²) in [6, 6.07) is 15.1. The number of carbonyl (C=O) groups is 1. The van der Waals surface area contributed by atoms with Gasteiger partial charge in [0.25, 0.3) is 5.91 Å². The predicted octanol–water partition coefficient (Wildman–Crippen LogP) is 6.97. The molecule has 1 unspecified atom stereocenters. The molecule has 1 aliphatic rings. The summed E-state index contributed by atoms with van der Waals surface area (Å²) in [5, 5.41) is 6.88. The summed E-state index contributed by atoms with van der Waals surface area (Å²) < 4.78 is 19.0. The Bertz CT molecular complexity index is 1440. The number of carbonyl (C=O) groups excluding carboxylic acids is 1. The second kappa shape index (κ2) is 13.1. The number of thiazole rings is 1. The highest BCUT2D eigenvalue weighted by Gasteiger charge is 2.22. The molecule has 0 radical (unpaired) electrons. The number of rotatable bonds is 11. The topological polar surface area (TPSA) is 74.6 Å². The lowest BCUT2D eigenvalue weighted by Gasteiger charge is -2.12. The first kappa shape index (κ1) is 28.5.